The molecule has 2 aliphatic rings. The lowest BCUT2D eigenvalue weighted by Crippen LogP contribution is -2.43. The quantitative estimate of drug-likeness (QED) is 0.301. The predicted octanol–water partition coefficient (Wildman–Crippen LogP) is 4.71. The number of rotatable bonds is 4. The second kappa shape index (κ2) is 12.8. The minimum atomic E-state index is -2.66. The van der Waals surface area contributed by atoms with Gasteiger partial charge in [0.05, 0.1) is 26.7 Å². The van der Waals surface area contributed by atoms with Crippen LogP contribution < -0.4 is 5.32 Å². The molecule has 2 heterocycles. The number of methoxy groups -OCH3 is 2. The number of hydrogen-bond acceptors (Lipinski definition) is 7. The first-order valence-corrected chi connectivity index (χ1v) is 13.1. The molecule has 2 aromatic carbocycles. The summed E-state index contributed by atoms with van der Waals surface area (Å²) in [5.74, 6) is -8.08. The van der Waals surface area contributed by atoms with Crippen molar-refractivity contribution >= 4 is 18.0 Å². The van der Waals surface area contributed by atoms with Gasteiger partial charge in [-0.3, -0.25) is 0 Å². The van der Waals surface area contributed by atoms with E-state index in [1.165, 1.54) is 0 Å². The Balaban J connectivity index is 0.000000248. The molecule has 43 heavy (non-hydrogen) atoms. The predicted molar refractivity (Wildman–Crippen MR) is 141 cm³/mol. The van der Waals surface area contributed by atoms with Gasteiger partial charge < -0.3 is 24.4 Å². The van der Waals surface area contributed by atoms with Crippen molar-refractivity contribution in [3.8, 4) is 0 Å². The van der Waals surface area contributed by atoms with E-state index in [4.69, 9.17) is 4.74 Å². The van der Waals surface area contributed by atoms with Gasteiger partial charge in [-0.15, -0.1) is 0 Å². The summed E-state index contributed by atoms with van der Waals surface area (Å²) in [6.45, 7) is 3.82. The third kappa shape index (κ3) is 7.23. The van der Waals surface area contributed by atoms with E-state index in [1.807, 2.05) is 0 Å². The molecule has 4 rings (SSSR count). The van der Waals surface area contributed by atoms with Crippen LogP contribution in [0.4, 0.5) is 31.1 Å². The van der Waals surface area contributed by atoms with E-state index in [0.717, 1.165) is 43.4 Å². The standard InChI is InChI=1S/C17H20F3NO4.C12H12F3NO2/c1-16(2,3)25-15(23)21-8-12(17(20,9-21)14(22)24-4)11-6-5-10(18)7-13(11)19;1-18-11(17)12(15)6-16-5-9(12)8-3-2-7(13)4-10(8)14/h5-7,12H,8-9H2,1-4H3;2-4,9,16H,5-6H2,1H3/t12-,17-;9-,12-/m00/s1. The smallest absolute Gasteiger partial charge is 0.410 e. The van der Waals surface area contributed by atoms with Crippen molar-refractivity contribution in [3.05, 3.63) is 70.8 Å². The summed E-state index contributed by atoms with van der Waals surface area (Å²) in [5.41, 5.74) is -6.05. The van der Waals surface area contributed by atoms with Gasteiger partial charge in [0, 0.05) is 37.7 Å². The fraction of sp³-hybridized carbons (Fsp3) is 0.483. The number of halogens is 6. The van der Waals surface area contributed by atoms with Gasteiger partial charge in [-0.2, -0.15) is 0 Å². The van der Waals surface area contributed by atoms with Crippen LogP contribution >= 0.6 is 0 Å². The highest BCUT2D eigenvalue weighted by atomic mass is 19.2. The van der Waals surface area contributed by atoms with Crippen LogP contribution in [-0.4, -0.2) is 80.3 Å². The minimum Gasteiger partial charge on any atom is -0.467 e. The van der Waals surface area contributed by atoms with Gasteiger partial charge in [0.1, 0.15) is 28.9 Å². The van der Waals surface area contributed by atoms with E-state index in [2.05, 4.69) is 14.8 Å². The Morgan fingerprint density at radius 3 is 1.79 bits per heavy atom. The van der Waals surface area contributed by atoms with Gasteiger partial charge >= 0.3 is 18.0 Å². The summed E-state index contributed by atoms with van der Waals surface area (Å²) in [5, 5.41) is 2.68. The summed E-state index contributed by atoms with van der Waals surface area (Å²) in [7, 11) is 2.07. The van der Waals surface area contributed by atoms with Crippen LogP contribution in [0.3, 0.4) is 0 Å². The largest absolute Gasteiger partial charge is 0.467 e. The zero-order valence-electron chi connectivity index (χ0n) is 24.1. The maximum Gasteiger partial charge on any atom is 0.410 e. The molecule has 0 unspecified atom stereocenters. The van der Waals surface area contributed by atoms with Crippen molar-refractivity contribution in [2.75, 3.05) is 40.4 Å². The van der Waals surface area contributed by atoms with Crippen LogP contribution in [0.5, 0.6) is 0 Å². The SMILES string of the molecule is COC(=O)[C@]1(F)CN(C(=O)OC(C)(C)C)C[C@H]1c1ccc(F)cc1F.COC(=O)[C@]1(F)CNC[C@H]1c1ccc(F)cc1F. The maximum atomic E-state index is 15.4. The highest BCUT2D eigenvalue weighted by Gasteiger charge is 2.57. The van der Waals surface area contributed by atoms with Gasteiger partial charge in [0.25, 0.3) is 0 Å². The molecule has 0 bridgehead atoms. The Morgan fingerprint density at radius 2 is 1.33 bits per heavy atom. The Morgan fingerprint density at radius 1 is 0.837 bits per heavy atom. The Labute approximate surface area is 244 Å². The number of alkyl halides is 2. The van der Waals surface area contributed by atoms with E-state index < -0.39 is 76.6 Å². The third-order valence-electron chi connectivity index (χ3n) is 7.04. The molecule has 2 aliphatic heterocycles. The number of benzene rings is 2. The number of carbonyl (C=O) groups is 3. The molecule has 0 spiro atoms. The van der Waals surface area contributed by atoms with Crippen molar-refractivity contribution in [2.45, 2.75) is 49.5 Å². The fourth-order valence-electron chi connectivity index (χ4n) is 5.00. The summed E-state index contributed by atoms with van der Waals surface area (Å²) < 4.78 is 97.7. The topological polar surface area (TPSA) is 94.2 Å². The molecular weight excluding hydrogens is 586 g/mol. The van der Waals surface area contributed by atoms with Gasteiger partial charge in [-0.25, -0.2) is 40.7 Å². The fourth-order valence-corrected chi connectivity index (χ4v) is 5.00. The normalized spacial score (nSPS) is 25.0. The van der Waals surface area contributed by atoms with Crippen molar-refractivity contribution in [1.29, 1.82) is 0 Å². The van der Waals surface area contributed by atoms with Crippen LogP contribution in [0.2, 0.25) is 0 Å². The third-order valence-corrected chi connectivity index (χ3v) is 7.04. The van der Waals surface area contributed by atoms with E-state index in [-0.39, 0.29) is 30.8 Å². The summed E-state index contributed by atoms with van der Waals surface area (Å²) >= 11 is 0. The average molecular weight is 619 g/mol. The Bertz CT molecular complexity index is 1370. The minimum absolute atomic E-state index is 0.0331. The lowest BCUT2D eigenvalue weighted by Gasteiger charge is -2.24. The number of nitrogens with zero attached hydrogens (tertiary/aromatic N) is 1. The van der Waals surface area contributed by atoms with Crippen molar-refractivity contribution in [1.82, 2.24) is 10.2 Å². The van der Waals surface area contributed by atoms with E-state index in [9.17, 15) is 36.3 Å². The number of nitrogens with one attached hydrogen (secondary N) is 1. The van der Waals surface area contributed by atoms with Gasteiger partial charge in [0.2, 0.25) is 11.3 Å². The lowest BCUT2D eigenvalue weighted by atomic mass is 9.86. The number of likely N-dealkylation sites (tertiary alicyclic amines) is 1. The van der Waals surface area contributed by atoms with Crippen molar-refractivity contribution in [2.24, 2.45) is 0 Å². The number of esters is 2. The molecule has 4 atom stereocenters. The van der Waals surface area contributed by atoms with Crippen molar-refractivity contribution in [3.63, 3.8) is 0 Å². The molecule has 0 saturated carbocycles. The Hall–Kier alpha value is -3.81. The molecule has 2 saturated heterocycles. The molecule has 1 N–H and O–H groups in total. The first-order valence-electron chi connectivity index (χ1n) is 13.1. The van der Waals surface area contributed by atoms with Gasteiger partial charge in [-0.05, 0) is 44.0 Å². The summed E-state index contributed by atoms with van der Waals surface area (Å²) in [6.07, 6.45) is -0.830. The van der Waals surface area contributed by atoms with Crippen LogP contribution in [0.25, 0.3) is 0 Å². The zero-order chi connectivity index (χ0) is 32.3. The highest BCUT2D eigenvalue weighted by molar-refractivity contribution is 5.84. The average Bonchev–Trinajstić information content (AvgIpc) is 3.49. The summed E-state index contributed by atoms with van der Waals surface area (Å²) in [6, 6.07) is 5.49. The number of amides is 1. The molecular formula is C29H32F6N2O6. The lowest BCUT2D eigenvalue weighted by molar-refractivity contribution is -0.155. The van der Waals surface area contributed by atoms with Gasteiger partial charge in [-0.1, -0.05) is 12.1 Å². The van der Waals surface area contributed by atoms with Crippen molar-refractivity contribution < 1.29 is 54.9 Å². The molecule has 236 valence electrons. The molecule has 8 nitrogen and oxygen atoms in total. The molecule has 0 radical (unpaired) electrons. The van der Waals surface area contributed by atoms with E-state index in [1.54, 1.807) is 20.8 Å². The first kappa shape index (κ1) is 33.7. The zero-order valence-corrected chi connectivity index (χ0v) is 24.1. The number of carbonyl (C=O) groups excluding carboxylic acids is 3. The molecule has 0 aliphatic carbocycles. The van der Waals surface area contributed by atoms with Crippen LogP contribution in [0, 0.1) is 23.3 Å². The monoisotopic (exact) mass is 618 g/mol. The van der Waals surface area contributed by atoms with Gasteiger partial charge in [0.15, 0.2) is 0 Å². The highest BCUT2D eigenvalue weighted by Crippen LogP contribution is 2.42. The number of ether oxygens (including phenoxy) is 3. The molecule has 2 fully saturated rings. The van der Waals surface area contributed by atoms with Crippen LogP contribution in [0.1, 0.15) is 43.7 Å². The molecule has 2 aromatic rings. The summed E-state index contributed by atoms with van der Waals surface area (Å²) in [4.78, 5) is 36.6. The molecule has 0 aromatic heterocycles. The molecule has 1 amide bonds. The number of hydrogen-bond donors (Lipinski definition) is 1. The van der Waals surface area contributed by atoms with E-state index in [0.29, 0.717) is 12.1 Å². The first-order chi connectivity index (χ1) is 20.0. The maximum absolute atomic E-state index is 15.4. The Kier molecular flexibility index (Phi) is 10.0. The molecule has 14 heteroatoms. The van der Waals surface area contributed by atoms with E-state index >= 15 is 4.39 Å². The van der Waals surface area contributed by atoms with Crippen LogP contribution in [-0.2, 0) is 23.8 Å². The van der Waals surface area contributed by atoms with Crippen LogP contribution in [0.15, 0.2) is 36.4 Å². The second-order valence-electron chi connectivity index (χ2n) is 11.1. The second-order valence-corrected chi connectivity index (χ2v) is 11.1.